The van der Waals surface area contributed by atoms with Gasteiger partial charge in [-0.05, 0) is 19.3 Å². The number of aromatic nitrogens is 2. The number of rotatable bonds is 2. The van der Waals surface area contributed by atoms with Crippen LogP contribution in [-0.4, -0.2) is 23.4 Å². The van der Waals surface area contributed by atoms with Crippen LogP contribution in [0.1, 0.15) is 30.9 Å². The Kier molecular flexibility index (Phi) is 2.22. The third-order valence-corrected chi connectivity index (χ3v) is 2.78. The van der Waals surface area contributed by atoms with E-state index in [2.05, 4.69) is 10.2 Å². The van der Waals surface area contributed by atoms with Crippen LogP contribution < -0.4 is 5.73 Å². The second-order valence-electron chi connectivity index (χ2n) is 3.62. The largest absolute Gasteiger partial charge is 0.382 e. The number of hydrogen-bond acceptors (Lipinski definition) is 3. The average molecular weight is 181 g/mol. The van der Waals surface area contributed by atoms with Crippen molar-refractivity contribution in [2.75, 3.05) is 12.8 Å². The molecule has 1 aliphatic carbocycles. The molecule has 4 nitrogen and oxygen atoms in total. The second kappa shape index (κ2) is 3.38. The lowest BCUT2D eigenvalue weighted by Gasteiger charge is -2.07. The van der Waals surface area contributed by atoms with Crippen LogP contribution >= 0.6 is 0 Å². The van der Waals surface area contributed by atoms with Crippen LogP contribution in [0, 0.1) is 0 Å². The molecule has 0 amide bonds. The summed E-state index contributed by atoms with van der Waals surface area (Å²) in [5, 5.41) is 6.89. The first-order chi connectivity index (χ1) is 6.29. The van der Waals surface area contributed by atoms with Crippen molar-refractivity contribution in [1.82, 2.24) is 10.2 Å². The van der Waals surface area contributed by atoms with Crippen molar-refractivity contribution in [2.24, 2.45) is 0 Å². The first-order valence-electron chi connectivity index (χ1n) is 4.63. The van der Waals surface area contributed by atoms with Crippen molar-refractivity contribution in [1.29, 1.82) is 0 Å². The summed E-state index contributed by atoms with van der Waals surface area (Å²) in [4.78, 5) is 0. The van der Waals surface area contributed by atoms with Crippen LogP contribution in [0.2, 0.25) is 0 Å². The van der Waals surface area contributed by atoms with Crippen LogP contribution in [0.3, 0.4) is 0 Å². The monoisotopic (exact) mass is 181 g/mol. The van der Waals surface area contributed by atoms with Gasteiger partial charge in [-0.25, -0.2) is 0 Å². The summed E-state index contributed by atoms with van der Waals surface area (Å²) in [6.45, 7) is 0. The summed E-state index contributed by atoms with van der Waals surface area (Å²) in [7, 11) is 1.77. The number of hydrogen-bond donors (Lipinski definition) is 2. The number of anilines is 1. The first kappa shape index (κ1) is 8.56. The van der Waals surface area contributed by atoms with E-state index >= 15 is 0 Å². The van der Waals surface area contributed by atoms with Crippen LogP contribution in [0.4, 0.5) is 5.82 Å². The number of H-pyrrole nitrogens is 1. The summed E-state index contributed by atoms with van der Waals surface area (Å²) >= 11 is 0. The molecule has 2 atom stereocenters. The predicted molar refractivity (Wildman–Crippen MR) is 50.4 cm³/mol. The summed E-state index contributed by atoms with van der Waals surface area (Å²) in [5.41, 5.74) is 6.69. The SMILES string of the molecule is COC1CCC(c2cc(N)n[nH]2)C1. The summed E-state index contributed by atoms with van der Waals surface area (Å²) in [6, 6.07) is 1.92. The van der Waals surface area contributed by atoms with Crippen molar-refractivity contribution in [3.05, 3.63) is 11.8 Å². The zero-order valence-electron chi connectivity index (χ0n) is 7.79. The summed E-state index contributed by atoms with van der Waals surface area (Å²) in [6.07, 6.45) is 3.80. The van der Waals surface area contributed by atoms with Crippen molar-refractivity contribution < 1.29 is 4.74 Å². The lowest BCUT2D eigenvalue weighted by atomic mass is 10.0. The van der Waals surface area contributed by atoms with Crippen molar-refractivity contribution in [3.63, 3.8) is 0 Å². The molecule has 2 unspecified atom stereocenters. The van der Waals surface area contributed by atoms with Gasteiger partial charge in [0, 0.05) is 24.8 Å². The van der Waals surface area contributed by atoms with Gasteiger partial charge in [0.05, 0.1) is 6.10 Å². The molecule has 0 spiro atoms. The van der Waals surface area contributed by atoms with E-state index in [0.29, 0.717) is 17.8 Å². The molecule has 3 N–H and O–H groups in total. The van der Waals surface area contributed by atoms with Crippen molar-refractivity contribution in [3.8, 4) is 0 Å². The third kappa shape index (κ3) is 1.67. The van der Waals surface area contributed by atoms with Gasteiger partial charge in [0.2, 0.25) is 0 Å². The van der Waals surface area contributed by atoms with Crippen molar-refractivity contribution >= 4 is 5.82 Å². The minimum Gasteiger partial charge on any atom is -0.382 e. The molecule has 1 aliphatic rings. The fourth-order valence-corrected chi connectivity index (χ4v) is 2.00. The van der Waals surface area contributed by atoms with Gasteiger partial charge in [-0.15, -0.1) is 0 Å². The highest BCUT2D eigenvalue weighted by Crippen LogP contribution is 2.34. The molecule has 4 heteroatoms. The summed E-state index contributed by atoms with van der Waals surface area (Å²) in [5.74, 6) is 1.13. The molecule has 1 fully saturated rings. The van der Waals surface area contributed by atoms with E-state index in [-0.39, 0.29) is 0 Å². The molecule has 2 rings (SSSR count). The normalized spacial score (nSPS) is 28.1. The fraction of sp³-hybridized carbons (Fsp3) is 0.667. The predicted octanol–water partition coefficient (Wildman–Crippen LogP) is 1.27. The van der Waals surface area contributed by atoms with Gasteiger partial charge in [-0.2, -0.15) is 5.10 Å². The van der Waals surface area contributed by atoms with Crippen molar-refractivity contribution in [2.45, 2.75) is 31.3 Å². The van der Waals surface area contributed by atoms with Crippen LogP contribution in [0.25, 0.3) is 0 Å². The van der Waals surface area contributed by atoms with E-state index in [4.69, 9.17) is 10.5 Å². The molecule has 1 heterocycles. The molecular formula is C9H15N3O. The number of nitrogens with two attached hydrogens (primary N) is 1. The Morgan fingerprint density at radius 3 is 3.00 bits per heavy atom. The number of aromatic amines is 1. The number of nitrogens with one attached hydrogen (secondary N) is 1. The molecule has 0 saturated heterocycles. The molecule has 1 aromatic heterocycles. The maximum Gasteiger partial charge on any atom is 0.145 e. The molecule has 72 valence electrons. The molecule has 1 saturated carbocycles. The van der Waals surface area contributed by atoms with Crippen LogP contribution in [0.15, 0.2) is 6.07 Å². The van der Waals surface area contributed by atoms with E-state index < -0.39 is 0 Å². The van der Waals surface area contributed by atoms with Gasteiger partial charge in [0.25, 0.3) is 0 Å². The van der Waals surface area contributed by atoms with Crippen LogP contribution in [-0.2, 0) is 4.74 Å². The highest BCUT2D eigenvalue weighted by Gasteiger charge is 2.26. The van der Waals surface area contributed by atoms with E-state index in [9.17, 15) is 0 Å². The Hall–Kier alpha value is -1.03. The van der Waals surface area contributed by atoms with E-state index in [1.807, 2.05) is 6.07 Å². The Morgan fingerprint density at radius 1 is 1.62 bits per heavy atom. The van der Waals surface area contributed by atoms with Gasteiger partial charge in [0.1, 0.15) is 5.82 Å². The third-order valence-electron chi connectivity index (χ3n) is 2.78. The Bertz CT molecular complexity index is 284. The van der Waals surface area contributed by atoms with Gasteiger partial charge in [-0.1, -0.05) is 0 Å². The number of methoxy groups -OCH3 is 1. The Morgan fingerprint density at radius 2 is 2.46 bits per heavy atom. The molecule has 0 aromatic carbocycles. The van der Waals surface area contributed by atoms with E-state index in [0.717, 1.165) is 18.5 Å². The van der Waals surface area contributed by atoms with Gasteiger partial charge in [-0.3, -0.25) is 5.10 Å². The second-order valence-corrected chi connectivity index (χ2v) is 3.62. The Labute approximate surface area is 77.5 Å². The lowest BCUT2D eigenvalue weighted by molar-refractivity contribution is 0.108. The maximum absolute atomic E-state index is 5.54. The number of ether oxygens (including phenoxy) is 1. The number of nitrogens with zero attached hydrogens (tertiary/aromatic N) is 1. The first-order valence-corrected chi connectivity index (χ1v) is 4.63. The molecule has 13 heavy (non-hydrogen) atoms. The fourth-order valence-electron chi connectivity index (χ4n) is 2.00. The standard InChI is InChI=1S/C9H15N3O/c1-13-7-3-2-6(4-7)8-5-9(10)12-11-8/h5-7H,2-4H2,1H3,(H3,10,11,12). The zero-order valence-corrected chi connectivity index (χ0v) is 7.79. The molecule has 0 radical (unpaired) electrons. The quantitative estimate of drug-likeness (QED) is 0.722. The lowest BCUT2D eigenvalue weighted by Crippen LogP contribution is -2.04. The average Bonchev–Trinajstić information content (AvgIpc) is 2.71. The van der Waals surface area contributed by atoms with Crippen LogP contribution in [0.5, 0.6) is 0 Å². The van der Waals surface area contributed by atoms with E-state index in [1.165, 1.54) is 6.42 Å². The van der Waals surface area contributed by atoms with Gasteiger partial charge >= 0.3 is 0 Å². The smallest absolute Gasteiger partial charge is 0.145 e. The molecule has 0 bridgehead atoms. The minimum absolute atomic E-state index is 0.412. The molecule has 1 aromatic rings. The van der Waals surface area contributed by atoms with E-state index in [1.54, 1.807) is 7.11 Å². The zero-order chi connectivity index (χ0) is 9.26. The highest BCUT2D eigenvalue weighted by atomic mass is 16.5. The highest BCUT2D eigenvalue weighted by molar-refractivity contribution is 5.30. The summed E-state index contributed by atoms with van der Waals surface area (Å²) < 4.78 is 5.30. The van der Waals surface area contributed by atoms with Gasteiger partial charge < -0.3 is 10.5 Å². The maximum atomic E-state index is 5.54. The topological polar surface area (TPSA) is 63.9 Å². The number of nitrogen functional groups attached to an aromatic ring is 1. The molecule has 0 aliphatic heterocycles. The molecular weight excluding hydrogens is 166 g/mol. The minimum atomic E-state index is 0.412. The van der Waals surface area contributed by atoms with Gasteiger partial charge in [0.15, 0.2) is 0 Å². The Balaban J connectivity index is 2.03.